The van der Waals surface area contributed by atoms with Gasteiger partial charge in [-0.05, 0) is 60.7 Å². The van der Waals surface area contributed by atoms with Gasteiger partial charge in [0.1, 0.15) is 12.4 Å². The number of aromatic nitrogens is 1. The van der Waals surface area contributed by atoms with Crippen molar-refractivity contribution >= 4 is 49.7 Å². The summed E-state index contributed by atoms with van der Waals surface area (Å²) in [6, 6.07) is 19.6. The van der Waals surface area contributed by atoms with Gasteiger partial charge in [-0.2, -0.15) is 0 Å². The second kappa shape index (κ2) is 8.51. The summed E-state index contributed by atoms with van der Waals surface area (Å²) in [7, 11) is -3.77. The number of rotatable bonds is 5. The number of nitrogens with zero attached hydrogens (tertiary/aromatic N) is 1. The molecular formula is C23H16ClN3O4S2. The summed E-state index contributed by atoms with van der Waals surface area (Å²) < 4.78 is 33.2. The molecule has 2 heterocycles. The van der Waals surface area contributed by atoms with Gasteiger partial charge in [-0.15, -0.1) is 0 Å². The van der Waals surface area contributed by atoms with Gasteiger partial charge in [0, 0.05) is 21.8 Å². The zero-order chi connectivity index (χ0) is 23.0. The molecule has 0 saturated heterocycles. The number of sulfonamides is 1. The monoisotopic (exact) mass is 497 g/mol. The molecule has 3 aromatic carbocycles. The molecular weight excluding hydrogens is 482 g/mol. The van der Waals surface area contributed by atoms with Crippen molar-refractivity contribution in [3.8, 4) is 17.0 Å². The van der Waals surface area contributed by atoms with Crippen molar-refractivity contribution < 1.29 is 17.9 Å². The van der Waals surface area contributed by atoms with Gasteiger partial charge in [0.15, 0.2) is 5.13 Å². The van der Waals surface area contributed by atoms with Crippen molar-refractivity contribution in [3.05, 3.63) is 88.3 Å². The predicted molar refractivity (Wildman–Crippen MR) is 129 cm³/mol. The number of hydrogen-bond donors (Lipinski definition) is 2. The quantitative estimate of drug-likeness (QED) is 0.384. The molecule has 0 radical (unpaired) electrons. The maximum atomic E-state index is 12.7. The molecule has 0 bridgehead atoms. The van der Waals surface area contributed by atoms with E-state index < -0.39 is 10.0 Å². The van der Waals surface area contributed by atoms with Crippen LogP contribution in [0.25, 0.3) is 11.3 Å². The molecule has 0 atom stereocenters. The smallest absolute Gasteiger partial charge is 0.261 e. The molecule has 166 valence electrons. The van der Waals surface area contributed by atoms with Crippen LogP contribution >= 0.6 is 22.9 Å². The van der Waals surface area contributed by atoms with Gasteiger partial charge in [-0.3, -0.25) is 14.8 Å². The molecule has 4 aromatic rings. The first-order valence-electron chi connectivity index (χ1n) is 9.81. The Morgan fingerprint density at radius 2 is 1.73 bits per heavy atom. The van der Waals surface area contributed by atoms with Crippen LogP contribution < -0.4 is 14.8 Å². The van der Waals surface area contributed by atoms with Crippen LogP contribution in [0.2, 0.25) is 5.02 Å². The van der Waals surface area contributed by atoms with E-state index in [1.54, 1.807) is 12.1 Å². The lowest BCUT2D eigenvalue weighted by molar-refractivity contribution is 0.102. The molecule has 0 saturated carbocycles. The van der Waals surface area contributed by atoms with E-state index in [0.29, 0.717) is 28.0 Å². The molecule has 1 aromatic heterocycles. The first kappa shape index (κ1) is 21.4. The molecule has 5 rings (SSSR count). The third-order valence-corrected chi connectivity index (χ3v) is 7.54. The molecule has 0 fully saturated rings. The van der Waals surface area contributed by atoms with Crippen molar-refractivity contribution in [1.29, 1.82) is 0 Å². The fourth-order valence-corrected chi connectivity index (χ4v) is 5.40. The highest BCUT2D eigenvalue weighted by Crippen LogP contribution is 2.40. The maximum absolute atomic E-state index is 12.7. The average molecular weight is 498 g/mol. The van der Waals surface area contributed by atoms with E-state index in [-0.39, 0.29) is 10.8 Å². The highest BCUT2D eigenvalue weighted by Gasteiger charge is 2.22. The molecule has 33 heavy (non-hydrogen) atoms. The number of fused-ring (bicyclic) bond motifs is 3. The summed E-state index contributed by atoms with van der Waals surface area (Å²) in [6.07, 6.45) is 0. The fraction of sp³-hybridized carbons (Fsp3) is 0.0435. The van der Waals surface area contributed by atoms with Crippen molar-refractivity contribution in [2.75, 3.05) is 10.0 Å². The van der Waals surface area contributed by atoms with E-state index in [1.165, 1.54) is 47.7 Å². The summed E-state index contributed by atoms with van der Waals surface area (Å²) in [5.41, 5.74) is 2.41. The Labute approximate surface area is 199 Å². The van der Waals surface area contributed by atoms with Crippen molar-refractivity contribution in [2.24, 2.45) is 0 Å². The number of anilines is 2. The second-order valence-corrected chi connectivity index (χ2v) is 10.4. The largest absolute Gasteiger partial charge is 0.487 e. The first-order valence-corrected chi connectivity index (χ1v) is 12.5. The molecule has 1 aliphatic rings. The molecule has 2 N–H and O–H groups in total. The molecule has 0 unspecified atom stereocenters. The van der Waals surface area contributed by atoms with Gasteiger partial charge in [0.25, 0.3) is 15.9 Å². The summed E-state index contributed by atoms with van der Waals surface area (Å²) in [5, 5.41) is 3.72. The van der Waals surface area contributed by atoms with Gasteiger partial charge in [0.2, 0.25) is 0 Å². The molecule has 0 spiro atoms. The number of thiazole rings is 1. The Morgan fingerprint density at radius 3 is 2.48 bits per heavy atom. The number of amides is 1. The lowest BCUT2D eigenvalue weighted by Crippen LogP contribution is -2.14. The minimum absolute atomic E-state index is 0.0898. The normalized spacial score (nSPS) is 12.3. The van der Waals surface area contributed by atoms with Crippen LogP contribution in [0.3, 0.4) is 0 Å². The van der Waals surface area contributed by atoms with E-state index >= 15 is 0 Å². The lowest BCUT2D eigenvalue weighted by Gasteiger charge is -2.15. The zero-order valence-electron chi connectivity index (χ0n) is 16.9. The zero-order valence-corrected chi connectivity index (χ0v) is 19.3. The minimum atomic E-state index is -3.77. The van der Waals surface area contributed by atoms with Crippen molar-refractivity contribution in [1.82, 2.24) is 4.98 Å². The van der Waals surface area contributed by atoms with Gasteiger partial charge in [-0.25, -0.2) is 13.4 Å². The number of carbonyl (C=O) groups is 1. The van der Waals surface area contributed by atoms with Crippen LogP contribution in [0, 0.1) is 0 Å². The van der Waals surface area contributed by atoms with E-state index in [4.69, 9.17) is 16.3 Å². The Kier molecular flexibility index (Phi) is 5.53. The van der Waals surface area contributed by atoms with E-state index in [1.807, 2.05) is 24.3 Å². The number of hydrogen-bond acceptors (Lipinski definition) is 6. The molecule has 10 heteroatoms. The topological polar surface area (TPSA) is 97.4 Å². The van der Waals surface area contributed by atoms with Crippen LogP contribution in [-0.2, 0) is 16.6 Å². The Hall–Kier alpha value is -3.40. The van der Waals surface area contributed by atoms with Crippen LogP contribution in [0.15, 0.2) is 77.7 Å². The second-order valence-electron chi connectivity index (χ2n) is 7.17. The lowest BCUT2D eigenvalue weighted by atomic mass is 10.1. The summed E-state index contributed by atoms with van der Waals surface area (Å²) in [4.78, 5) is 18.3. The highest BCUT2D eigenvalue weighted by atomic mass is 35.5. The van der Waals surface area contributed by atoms with E-state index in [0.717, 1.165) is 21.9 Å². The van der Waals surface area contributed by atoms with Gasteiger partial charge in [0.05, 0.1) is 15.5 Å². The van der Waals surface area contributed by atoms with Crippen molar-refractivity contribution in [3.63, 3.8) is 0 Å². The van der Waals surface area contributed by atoms with Gasteiger partial charge in [-0.1, -0.05) is 35.1 Å². The number of ether oxygens (including phenoxy) is 1. The minimum Gasteiger partial charge on any atom is -0.487 e. The van der Waals surface area contributed by atoms with Crippen LogP contribution in [0.4, 0.5) is 10.8 Å². The number of halogens is 1. The predicted octanol–water partition coefficient (Wildman–Crippen LogP) is 5.41. The molecule has 1 aliphatic heterocycles. The fourth-order valence-electron chi connectivity index (χ4n) is 3.33. The Balaban J connectivity index is 1.29. The molecule has 1 amide bonds. The number of para-hydroxylation sites is 1. The molecule has 7 nitrogen and oxygen atoms in total. The van der Waals surface area contributed by atoms with Crippen LogP contribution in [-0.4, -0.2) is 19.3 Å². The van der Waals surface area contributed by atoms with Crippen LogP contribution in [0.5, 0.6) is 5.75 Å². The Bertz CT molecular complexity index is 1450. The van der Waals surface area contributed by atoms with Crippen molar-refractivity contribution in [2.45, 2.75) is 11.5 Å². The van der Waals surface area contributed by atoms with Gasteiger partial charge < -0.3 is 4.74 Å². The Morgan fingerprint density at radius 1 is 1.00 bits per heavy atom. The summed E-state index contributed by atoms with van der Waals surface area (Å²) >= 11 is 7.18. The third-order valence-electron chi connectivity index (χ3n) is 4.94. The van der Waals surface area contributed by atoms with Crippen LogP contribution in [0.1, 0.15) is 15.2 Å². The number of benzene rings is 3. The van der Waals surface area contributed by atoms with E-state index in [9.17, 15) is 13.2 Å². The third kappa shape index (κ3) is 4.43. The summed E-state index contributed by atoms with van der Waals surface area (Å²) in [5.74, 6) is 0.423. The SMILES string of the molecule is O=C(Nc1nc2c(s1)COc1ccccc1-2)c1ccc(NS(=O)(=O)c2ccc(Cl)cc2)cc1. The molecule has 0 aliphatic carbocycles. The van der Waals surface area contributed by atoms with E-state index in [2.05, 4.69) is 15.0 Å². The summed E-state index contributed by atoms with van der Waals surface area (Å²) in [6.45, 7) is 0.405. The number of carbonyl (C=O) groups excluding carboxylic acids is 1. The number of nitrogens with one attached hydrogen (secondary N) is 2. The van der Waals surface area contributed by atoms with Gasteiger partial charge >= 0.3 is 0 Å². The average Bonchev–Trinajstić information content (AvgIpc) is 3.22. The highest BCUT2D eigenvalue weighted by molar-refractivity contribution is 7.92. The standard InChI is InChI=1S/C23H16ClN3O4S2/c24-15-7-11-17(12-8-15)33(29,30)27-16-9-5-14(6-10-16)22(28)26-23-25-21-18-3-1-2-4-19(18)31-13-20(21)32-23/h1-12,27H,13H2,(H,25,26,28). The first-order chi connectivity index (χ1) is 15.9. The maximum Gasteiger partial charge on any atom is 0.261 e.